The fourth-order valence-corrected chi connectivity index (χ4v) is 3.77. The molecule has 1 aromatic heterocycles. The van der Waals surface area contributed by atoms with Crippen molar-refractivity contribution in [2.45, 2.75) is 35.9 Å². The number of rotatable bonds is 5. The Kier molecular flexibility index (Phi) is 5.21. The largest absolute Gasteiger partial charge is 0.327 e. The van der Waals surface area contributed by atoms with Crippen molar-refractivity contribution in [3.05, 3.63) is 40.7 Å². The van der Waals surface area contributed by atoms with Crippen molar-refractivity contribution in [3.63, 3.8) is 0 Å². The van der Waals surface area contributed by atoms with Crippen molar-refractivity contribution in [1.82, 2.24) is 9.36 Å². The van der Waals surface area contributed by atoms with Gasteiger partial charge >= 0.3 is 0 Å². The van der Waals surface area contributed by atoms with Crippen molar-refractivity contribution >= 4 is 34.9 Å². The van der Waals surface area contributed by atoms with Gasteiger partial charge in [-0.15, -0.1) is 0 Å². The molecule has 0 aliphatic heterocycles. The molecule has 0 spiro atoms. The van der Waals surface area contributed by atoms with Gasteiger partial charge < -0.3 is 5.73 Å². The maximum Gasteiger partial charge on any atom is 0.170 e. The van der Waals surface area contributed by atoms with Crippen molar-refractivity contribution in [2.24, 2.45) is 5.73 Å². The SMILES string of the molecule is CCc1nsc(SC(c2ccc(Cl)cc2)C(C)N)n1. The normalized spacial score (nSPS) is 14.3. The van der Waals surface area contributed by atoms with Crippen LogP contribution < -0.4 is 5.73 Å². The summed E-state index contributed by atoms with van der Waals surface area (Å²) in [6.45, 7) is 4.06. The van der Waals surface area contributed by atoms with Gasteiger partial charge in [0.05, 0.1) is 5.25 Å². The molecule has 6 heteroatoms. The van der Waals surface area contributed by atoms with Crippen molar-refractivity contribution < 1.29 is 0 Å². The van der Waals surface area contributed by atoms with E-state index in [1.165, 1.54) is 11.5 Å². The molecule has 2 atom stereocenters. The second-order valence-corrected chi connectivity index (χ2v) is 6.86. The standard InChI is InChI=1S/C13H16ClN3S2/c1-3-11-16-13(19-17-11)18-12(8(2)15)9-4-6-10(14)7-5-9/h4-8,12H,3,15H2,1-2H3. The quantitative estimate of drug-likeness (QED) is 0.850. The number of hydrogen-bond acceptors (Lipinski definition) is 5. The first-order valence-electron chi connectivity index (χ1n) is 6.10. The van der Waals surface area contributed by atoms with E-state index in [4.69, 9.17) is 17.3 Å². The van der Waals surface area contributed by atoms with Crippen molar-refractivity contribution in [1.29, 1.82) is 0 Å². The minimum Gasteiger partial charge on any atom is -0.327 e. The summed E-state index contributed by atoms with van der Waals surface area (Å²) >= 11 is 9.03. The molecule has 0 aliphatic carbocycles. The van der Waals surface area contributed by atoms with E-state index in [1.807, 2.05) is 31.2 Å². The van der Waals surface area contributed by atoms with E-state index in [1.54, 1.807) is 11.8 Å². The molecule has 0 fully saturated rings. The third-order valence-electron chi connectivity index (χ3n) is 2.67. The molecule has 1 heterocycles. The van der Waals surface area contributed by atoms with Gasteiger partial charge in [0.2, 0.25) is 0 Å². The highest BCUT2D eigenvalue weighted by Crippen LogP contribution is 2.38. The van der Waals surface area contributed by atoms with Crippen LogP contribution in [0.15, 0.2) is 28.6 Å². The Balaban J connectivity index is 2.18. The van der Waals surface area contributed by atoms with E-state index in [0.717, 1.165) is 27.2 Å². The number of halogens is 1. The first-order valence-corrected chi connectivity index (χ1v) is 8.13. The zero-order chi connectivity index (χ0) is 13.8. The Morgan fingerprint density at radius 3 is 2.58 bits per heavy atom. The molecule has 0 radical (unpaired) electrons. The number of nitrogens with zero attached hydrogens (tertiary/aromatic N) is 2. The van der Waals surface area contributed by atoms with Crippen LogP contribution in [0.2, 0.25) is 5.02 Å². The second-order valence-electron chi connectivity index (χ2n) is 4.28. The van der Waals surface area contributed by atoms with Gasteiger partial charge in [-0.25, -0.2) is 4.98 Å². The summed E-state index contributed by atoms with van der Waals surface area (Å²) < 4.78 is 5.27. The van der Waals surface area contributed by atoms with Gasteiger partial charge in [0.15, 0.2) is 4.34 Å². The summed E-state index contributed by atoms with van der Waals surface area (Å²) in [5.41, 5.74) is 7.26. The van der Waals surface area contributed by atoms with Crippen LogP contribution in [0.3, 0.4) is 0 Å². The number of hydrogen-bond donors (Lipinski definition) is 1. The molecular formula is C13H16ClN3S2. The Hall–Kier alpha value is -0.620. The first kappa shape index (κ1) is 14.8. The van der Waals surface area contributed by atoms with Gasteiger partial charge in [0.25, 0.3) is 0 Å². The zero-order valence-corrected chi connectivity index (χ0v) is 13.2. The highest BCUT2D eigenvalue weighted by Gasteiger charge is 2.19. The van der Waals surface area contributed by atoms with Gasteiger partial charge in [0.1, 0.15) is 5.82 Å². The molecule has 0 amide bonds. The fraction of sp³-hybridized carbons (Fsp3) is 0.385. The minimum atomic E-state index is 0.0279. The molecule has 0 bridgehead atoms. The van der Waals surface area contributed by atoms with E-state index in [0.29, 0.717) is 0 Å². The van der Waals surface area contributed by atoms with Gasteiger partial charge in [-0.3, -0.25) is 0 Å². The molecule has 2 rings (SSSR count). The van der Waals surface area contributed by atoms with Gasteiger partial charge in [-0.1, -0.05) is 42.4 Å². The first-order chi connectivity index (χ1) is 9.10. The Labute approximate surface area is 126 Å². The predicted octanol–water partition coefficient (Wildman–Crippen LogP) is 3.93. The van der Waals surface area contributed by atoms with E-state index in [9.17, 15) is 0 Å². The average Bonchev–Trinajstić information content (AvgIpc) is 2.85. The topological polar surface area (TPSA) is 51.8 Å². The third-order valence-corrected chi connectivity index (χ3v) is 5.23. The molecule has 2 unspecified atom stereocenters. The Morgan fingerprint density at radius 1 is 1.37 bits per heavy atom. The van der Waals surface area contributed by atoms with Crippen molar-refractivity contribution in [2.75, 3.05) is 0 Å². The van der Waals surface area contributed by atoms with Crippen LogP contribution in [0.1, 0.15) is 30.5 Å². The Bertz CT molecular complexity index is 525. The maximum atomic E-state index is 6.10. The van der Waals surface area contributed by atoms with Crippen molar-refractivity contribution in [3.8, 4) is 0 Å². The number of aromatic nitrogens is 2. The summed E-state index contributed by atoms with van der Waals surface area (Å²) in [5.74, 6) is 0.895. The molecule has 1 aromatic carbocycles. The van der Waals surface area contributed by atoms with Crippen LogP contribution in [-0.2, 0) is 6.42 Å². The molecule has 0 saturated heterocycles. The molecule has 2 N–H and O–H groups in total. The molecule has 19 heavy (non-hydrogen) atoms. The van der Waals surface area contributed by atoms with E-state index >= 15 is 0 Å². The predicted molar refractivity (Wildman–Crippen MR) is 83.0 cm³/mol. The monoisotopic (exact) mass is 313 g/mol. The molecule has 2 aromatic rings. The number of nitrogens with two attached hydrogens (primary N) is 1. The summed E-state index contributed by atoms with van der Waals surface area (Å²) in [7, 11) is 0. The molecule has 102 valence electrons. The maximum absolute atomic E-state index is 6.10. The smallest absolute Gasteiger partial charge is 0.170 e. The highest BCUT2D eigenvalue weighted by molar-refractivity contribution is 8.01. The van der Waals surface area contributed by atoms with Crippen LogP contribution in [0.4, 0.5) is 0 Å². The second kappa shape index (κ2) is 6.70. The number of benzene rings is 1. The van der Waals surface area contributed by atoms with Crippen LogP contribution in [0, 0.1) is 0 Å². The lowest BCUT2D eigenvalue weighted by Gasteiger charge is -2.19. The summed E-state index contributed by atoms with van der Waals surface area (Å²) in [4.78, 5) is 4.48. The summed E-state index contributed by atoms with van der Waals surface area (Å²) in [6.07, 6.45) is 0.862. The number of aryl methyl sites for hydroxylation is 1. The molecular weight excluding hydrogens is 298 g/mol. The molecule has 3 nitrogen and oxygen atoms in total. The summed E-state index contributed by atoms with van der Waals surface area (Å²) in [6, 6.07) is 7.85. The lowest BCUT2D eigenvalue weighted by atomic mass is 10.1. The Morgan fingerprint density at radius 2 is 2.05 bits per heavy atom. The summed E-state index contributed by atoms with van der Waals surface area (Å²) in [5, 5.41) is 0.899. The van der Waals surface area contributed by atoms with E-state index < -0.39 is 0 Å². The third kappa shape index (κ3) is 3.92. The van der Waals surface area contributed by atoms with Gasteiger partial charge in [0, 0.05) is 17.5 Å². The van der Waals surface area contributed by atoms with E-state index in [-0.39, 0.29) is 11.3 Å². The average molecular weight is 314 g/mol. The molecule has 0 saturated carbocycles. The molecule has 0 aliphatic rings. The lowest BCUT2D eigenvalue weighted by Crippen LogP contribution is -2.22. The fourth-order valence-electron chi connectivity index (χ4n) is 1.67. The van der Waals surface area contributed by atoms with Crippen LogP contribution >= 0.6 is 34.9 Å². The highest BCUT2D eigenvalue weighted by atomic mass is 35.5. The minimum absolute atomic E-state index is 0.0279. The van der Waals surface area contributed by atoms with Crippen LogP contribution in [0.25, 0.3) is 0 Å². The van der Waals surface area contributed by atoms with E-state index in [2.05, 4.69) is 16.3 Å². The van der Waals surface area contributed by atoms with Gasteiger partial charge in [-0.05, 0) is 36.2 Å². The number of thioether (sulfide) groups is 1. The van der Waals surface area contributed by atoms with Gasteiger partial charge in [-0.2, -0.15) is 4.37 Å². The van der Waals surface area contributed by atoms with Crippen LogP contribution in [-0.4, -0.2) is 15.4 Å². The zero-order valence-electron chi connectivity index (χ0n) is 10.8. The lowest BCUT2D eigenvalue weighted by molar-refractivity contribution is 0.721. The van der Waals surface area contributed by atoms with Crippen LogP contribution in [0.5, 0.6) is 0 Å².